The molecule has 0 aromatic carbocycles. The Bertz CT molecular complexity index is 803. The minimum Gasteiger partial charge on any atom is -0.353 e. The second-order valence-corrected chi connectivity index (χ2v) is 11.7. The Kier molecular flexibility index (Phi) is 6.60. The van der Waals surface area contributed by atoms with Gasteiger partial charge in [-0.1, -0.05) is 0 Å². The maximum atomic E-state index is 12.9. The number of carbonyl (C=O) groups excluding carboxylic acids is 2. The molecule has 10 heteroatoms. The van der Waals surface area contributed by atoms with Gasteiger partial charge in [0.1, 0.15) is 4.21 Å². The van der Waals surface area contributed by atoms with Crippen molar-refractivity contribution in [2.45, 2.75) is 42.9 Å². The van der Waals surface area contributed by atoms with Crippen molar-refractivity contribution in [1.29, 1.82) is 0 Å². The lowest BCUT2D eigenvalue weighted by atomic mass is 9.96. The minimum absolute atomic E-state index is 0.0311. The van der Waals surface area contributed by atoms with Crippen LogP contribution in [-0.4, -0.2) is 61.7 Å². The summed E-state index contributed by atoms with van der Waals surface area (Å²) in [6.07, 6.45) is 2.88. The standard InChI is InChI=1S/C17H24BrN3O4S2/c1-12(22)19-14-6-9-20(10-7-14)17(23)13-3-2-8-21(11-13)27(24,25)16-5-4-15(18)26-16/h4-5,13-14H,2-3,6-11H2,1H3,(H,19,22). The molecular formula is C17H24BrN3O4S2. The molecular weight excluding hydrogens is 454 g/mol. The third-order valence-corrected chi connectivity index (χ3v) is 9.05. The summed E-state index contributed by atoms with van der Waals surface area (Å²) >= 11 is 4.49. The van der Waals surface area contributed by atoms with Crippen LogP contribution in [-0.2, 0) is 19.6 Å². The molecule has 1 aromatic rings. The molecule has 2 aliphatic rings. The fourth-order valence-electron chi connectivity index (χ4n) is 3.72. The van der Waals surface area contributed by atoms with E-state index in [1.807, 2.05) is 4.90 Å². The number of thiophene rings is 1. The molecule has 1 N–H and O–H groups in total. The fourth-order valence-corrected chi connectivity index (χ4v) is 7.40. The van der Waals surface area contributed by atoms with Crippen molar-refractivity contribution in [1.82, 2.24) is 14.5 Å². The summed E-state index contributed by atoms with van der Waals surface area (Å²) in [7, 11) is -3.56. The van der Waals surface area contributed by atoms with Gasteiger partial charge in [0.05, 0.1) is 9.70 Å². The van der Waals surface area contributed by atoms with Crippen molar-refractivity contribution in [2.24, 2.45) is 5.92 Å². The highest BCUT2D eigenvalue weighted by molar-refractivity contribution is 9.11. The Balaban J connectivity index is 1.61. The van der Waals surface area contributed by atoms with Gasteiger partial charge in [0.2, 0.25) is 11.8 Å². The van der Waals surface area contributed by atoms with Gasteiger partial charge in [-0.3, -0.25) is 9.59 Å². The number of sulfonamides is 1. The molecule has 0 bridgehead atoms. The van der Waals surface area contributed by atoms with Crippen molar-refractivity contribution < 1.29 is 18.0 Å². The molecule has 1 aromatic heterocycles. The molecule has 1 unspecified atom stereocenters. The lowest BCUT2D eigenvalue weighted by Gasteiger charge is -2.37. The summed E-state index contributed by atoms with van der Waals surface area (Å²) < 4.78 is 28.2. The first kappa shape index (κ1) is 20.8. The summed E-state index contributed by atoms with van der Waals surface area (Å²) in [6, 6.07) is 3.44. The average Bonchev–Trinajstić information content (AvgIpc) is 3.09. The van der Waals surface area contributed by atoms with Gasteiger partial charge in [0, 0.05) is 39.1 Å². The molecule has 2 amide bonds. The first-order valence-corrected chi connectivity index (χ1v) is 12.1. The van der Waals surface area contributed by atoms with Gasteiger partial charge < -0.3 is 10.2 Å². The van der Waals surface area contributed by atoms with Crippen LogP contribution in [0.4, 0.5) is 0 Å². The highest BCUT2D eigenvalue weighted by Gasteiger charge is 2.36. The molecule has 2 fully saturated rings. The second kappa shape index (κ2) is 8.59. The van der Waals surface area contributed by atoms with Gasteiger partial charge in [-0.15, -0.1) is 11.3 Å². The zero-order valence-corrected chi connectivity index (χ0v) is 18.4. The number of nitrogens with zero attached hydrogens (tertiary/aromatic N) is 2. The summed E-state index contributed by atoms with van der Waals surface area (Å²) in [5.41, 5.74) is 0. The van der Waals surface area contributed by atoms with Crippen molar-refractivity contribution in [3.8, 4) is 0 Å². The molecule has 2 saturated heterocycles. The Morgan fingerprint density at radius 3 is 2.48 bits per heavy atom. The van der Waals surface area contributed by atoms with Crippen molar-refractivity contribution in [3.05, 3.63) is 15.9 Å². The maximum absolute atomic E-state index is 12.9. The number of hydrogen-bond donors (Lipinski definition) is 1. The van der Waals surface area contributed by atoms with E-state index in [9.17, 15) is 18.0 Å². The van der Waals surface area contributed by atoms with Gasteiger partial charge in [0.25, 0.3) is 10.0 Å². The third-order valence-electron chi connectivity index (χ3n) is 5.09. The zero-order valence-electron chi connectivity index (χ0n) is 15.2. The highest BCUT2D eigenvalue weighted by Crippen LogP contribution is 2.31. The first-order valence-electron chi connectivity index (χ1n) is 9.09. The predicted molar refractivity (Wildman–Crippen MR) is 107 cm³/mol. The van der Waals surface area contributed by atoms with Gasteiger partial charge in [-0.2, -0.15) is 4.31 Å². The topological polar surface area (TPSA) is 86.8 Å². The minimum atomic E-state index is -3.56. The number of amides is 2. The Hall–Kier alpha value is -0.970. The van der Waals surface area contributed by atoms with Crippen LogP contribution in [0.2, 0.25) is 0 Å². The molecule has 0 spiro atoms. The molecule has 0 aliphatic carbocycles. The predicted octanol–water partition coefficient (Wildman–Crippen LogP) is 2.04. The maximum Gasteiger partial charge on any atom is 0.252 e. The molecule has 0 radical (unpaired) electrons. The molecule has 27 heavy (non-hydrogen) atoms. The molecule has 0 saturated carbocycles. The lowest BCUT2D eigenvalue weighted by Crippen LogP contribution is -2.50. The van der Waals surface area contributed by atoms with Gasteiger partial charge >= 0.3 is 0 Å². The van der Waals surface area contributed by atoms with E-state index in [-0.39, 0.29) is 30.3 Å². The van der Waals surface area contributed by atoms with Crippen molar-refractivity contribution in [2.75, 3.05) is 26.2 Å². The zero-order chi connectivity index (χ0) is 19.6. The van der Waals surface area contributed by atoms with Crippen LogP contribution >= 0.6 is 27.3 Å². The summed E-state index contributed by atoms with van der Waals surface area (Å²) in [4.78, 5) is 25.9. The van der Waals surface area contributed by atoms with Gasteiger partial charge in [-0.05, 0) is 53.7 Å². The Morgan fingerprint density at radius 2 is 1.89 bits per heavy atom. The number of piperidine rings is 2. The fraction of sp³-hybridized carbons (Fsp3) is 0.647. The van der Waals surface area contributed by atoms with Crippen LogP contribution in [0.15, 0.2) is 20.1 Å². The van der Waals surface area contributed by atoms with E-state index >= 15 is 0 Å². The molecule has 150 valence electrons. The highest BCUT2D eigenvalue weighted by atomic mass is 79.9. The van der Waals surface area contributed by atoms with E-state index < -0.39 is 10.0 Å². The third kappa shape index (κ3) is 4.90. The molecule has 3 heterocycles. The number of hydrogen-bond acceptors (Lipinski definition) is 5. The number of carbonyl (C=O) groups is 2. The van der Waals surface area contributed by atoms with Crippen LogP contribution in [0.25, 0.3) is 0 Å². The monoisotopic (exact) mass is 477 g/mol. The van der Waals surface area contributed by atoms with Crippen LogP contribution in [0, 0.1) is 5.92 Å². The van der Waals surface area contributed by atoms with Crippen LogP contribution in [0.1, 0.15) is 32.6 Å². The smallest absolute Gasteiger partial charge is 0.252 e. The number of rotatable bonds is 4. The summed E-state index contributed by atoms with van der Waals surface area (Å²) in [5, 5.41) is 2.90. The first-order chi connectivity index (χ1) is 12.8. The van der Waals surface area contributed by atoms with E-state index in [0.29, 0.717) is 36.7 Å². The van der Waals surface area contributed by atoms with E-state index in [4.69, 9.17) is 0 Å². The molecule has 3 rings (SSSR count). The molecule has 2 aliphatic heterocycles. The Labute approximate surface area is 172 Å². The number of halogens is 1. The van der Waals surface area contributed by atoms with E-state index in [1.165, 1.54) is 22.6 Å². The second-order valence-electron chi connectivity index (χ2n) is 7.06. The SMILES string of the molecule is CC(=O)NC1CCN(C(=O)C2CCCN(S(=O)(=O)c3ccc(Br)s3)C2)CC1. The summed E-state index contributed by atoms with van der Waals surface area (Å²) in [6.45, 7) is 3.39. The normalized spacial score (nSPS) is 22.6. The van der Waals surface area contributed by atoms with Crippen molar-refractivity contribution in [3.63, 3.8) is 0 Å². The largest absolute Gasteiger partial charge is 0.353 e. The lowest BCUT2D eigenvalue weighted by molar-refractivity contribution is -0.137. The quantitative estimate of drug-likeness (QED) is 0.718. The Morgan fingerprint density at radius 1 is 1.19 bits per heavy atom. The molecule has 7 nitrogen and oxygen atoms in total. The van der Waals surface area contributed by atoms with Gasteiger partial charge in [0.15, 0.2) is 0 Å². The van der Waals surface area contributed by atoms with Crippen LogP contribution in [0.5, 0.6) is 0 Å². The molecule has 1 atom stereocenters. The van der Waals surface area contributed by atoms with Crippen molar-refractivity contribution >= 4 is 49.1 Å². The van der Waals surface area contributed by atoms with Crippen LogP contribution in [0.3, 0.4) is 0 Å². The average molecular weight is 478 g/mol. The summed E-state index contributed by atoms with van der Waals surface area (Å²) in [5.74, 6) is -0.314. The van der Waals surface area contributed by atoms with E-state index in [2.05, 4.69) is 21.2 Å². The van der Waals surface area contributed by atoms with E-state index in [1.54, 1.807) is 12.1 Å². The number of nitrogens with one attached hydrogen (secondary N) is 1. The van der Waals surface area contributed by atoms with Crippen LogP contribution < -0.4 is 5.32 Å². The van der Waals surface area contributed by atoms with Gasteiger partial charge in [-0.25, -0.2) is 8.42 Å². The number of likely N-dealkylation sites (tertiary alicyclic amines) is 1. The van der Waals surface area contributed by atoms with E-state index in [0.717, 1.165) is 16.6 Å².